The summed E-state index contributed by atoms with van der Waals surface area (Å²) in [7, 11) is 3.75. The number of hydrogen-bond acceptors (Lipinski definition) is 6. The van der Waals surface area contributed by atoms with E-state index in [9.17, 15) is 4.79 Å². The highest BCUT2D eigenvalue weighted by Crippen LogP contribution is 2.32. The highest BCUT2D eigenvalue weighted by Gasteiger charge is 2.27. The van der Waals surface area contributed by atoms with E-state index >= 15 is 0 Å². The smallest absolute Gasteiger partial charge is 0.410 e. The summed E-state index contributed by atoms with van der Waals surface area (Å²) in [5.74, 6) is 1.42. The Kier molecular flexibility index (Phi) is 8.19. The molecule has 0 bridgehead atoms. The number of furan rings is 1. The summed E-state index contributed by atoms with van der Waals surface area (Å²) in [6.07, 6.45) is 5.39. The minimum absolute atomic E-state index is 0.203. The van der Waals surface area contributed by atoms with Gasteiger partial charge >= 0.3 is 6.09 Å². The lowest BCUT2D eigenvalue weighted by Crippen LogP contribution is -2.41. The monoisotopic (exact) mass is 455 g/mol. The van der Waals surface area contributed by atoms with E-state index in [1.807, 2.05) is 58.8 Å². The van der Waals surface area contributed by atoms with Crippen LogP contribution in [0.3, 0.4) is 0 Å². The number of carbonyl (C=O) groups excluding carboxylic acids is 1. The largest absolute Gasteiger partial charge is 0.464 e. The average molecular weight is 456 g/mol. The van der Waals surface area contributed by atoms with Gasteiger partial charge in [-0.1, -0.05) is 11.2 Å². The Balaban J connectivity index is 0.000000968. The van der Waals surface area contributed by atoms with Crippen molar-refractivity contribution in [2.45, 2.75) is 59.0 Å². The van der Waals surface area contributed by atoms with Crippen LogP contribution in [0.4, 0.5) is 4.79 Å². The molecule has 180 valence electrons. The molecule has 1 N–H and O–H groups in total. The topological polar surface area (TPSA) is 80.7 Å². The van der Waals surface area contributed by atoms with Gasteiger partial charge in [0.15, 0.2) is 5.58 Å². The van der Waals surface area contributed by atoms with Crippen LogP contribution in [0.15, 0.2) is 39.5 Å². The number of carbonyl (C=O) groups is 1. The molecule has 0 saturated carbocycles. The Bertz CT molecular complexity index is 1030. The van der Waals surface area contributed by atoms with Gasteiger partial charge in [-0.25, -0.2) is 4.79 Å². The standard InChI is InChI=1S/C24H30N2O4.C2H7N/c1-16-18(21-6-5-15-28-21)8-9-19-20(25-30-22(16)19)10-7-17-11-13-26(14-12-17)23(27)29-24(2,3)4;1-3-2/h5-6,8-9,15,17H,7,10-14H2,1-4H3;3H,1-2H3. The van der Waals surface area contributed by atoms with Crippen LogP contribution >= 0.6 is 0 Å². The Morgan fingerprint density at radius 2 is 1.91 bits per heavy atom. The molecule has 3 heterocycles. The predicted octanol–water partition coefficient (Wildman–Crippen LogP) is 5.81. The van der Waals surface area contributed by atoms with Gasteiger partial charge in [0.1, 0.15) is 11.4 Å². The van der Waals surface area contributed by atoms with Crippen LogP contribution in [0.25, 0.3) is 22.3 Å². The molecule has 0 atom stereocenters. The molecule has 4 rings (SSSR count). The SMILES string of the molecule is CNC.Cc1c(-c2ccco2)ccc2c(CCC3CCN(C(=O)OC(C)(C)C)CC3)noc12. The van der Waals surface area contributed by atoms with Crippen molar-refractivity contribution in [3.05, 3.63) is 41.8 Å². The quantitative estimate of drug-likeness (QED) is 0.535. The highest BCUT2D eigenvalue weighted by atomic mass is 16.6. The van der Waals surface area contributed by atoms with E-state index < -0.39 is 5.60 Å². The maximum atomic E-state index is 12.2. The summed E-state index contributed by atoms with van der Waals surface area (Å²) in [5.41, 5.74) is 3.47. The van der Waals surface area contributed by atoms with Crippen molar-refractivity contribution in [1.29, 1.82) is 0 Å². The summed E-state index contributed by atoms with van der Waals surface area (Å²) >= 11 is 0. The number of nitrogens with one attached hydrogen (secondary N) is 1. The molecule has 1 amide bonds. The second kappa shape index (κ2) is 10.9. The summed E-state index contributed by atoms with van der Waals surface area (Å²) in [6.45, 7) is 9.26. The third kappa shape index (κ3) is 6.38. The lowest BCUT2D eigenvalue weighted by molar-refractivity contribution is 0.0181. The van der Waals surface area contributed by atoms with E-state index in [0.29, 0.717) is 5.92 Å². The molecule has 2 aromatic heterocycles. The van der Waals surface area contributed by atoms with Gasteiger partial charge < -0.3 is 23.9 Å². The minimum Gasteiger partial charge on any atom is -0.464 e. The Morgan fingerprint density at radius 3 is 2.52 bits per heavy atom. The number of rotatable bonds is 4. The maximum absolute atomic E-state index is 12.2. The average Bonchev–Trinajstić information content (AvgIpc) is 3.43. The van der Waals surface area contributed by atoms with Crippen LogP contribution in [0, 0.1) is 12.8 Å². The molecule has 1 aliphatic heterocycles. The molecule has 33 heavy (non-hydrogen) atoms. The third-order valence-electron chi connectivity index (χ3n) is 5.81. The number of aromatic nitrogens is 1. The van der Waals surface area contributed by atoms with Crippen LogP contribution in [-0.2, 0) is 11.2 Å². The van der Waals surface area contributed by atoms with Crippen molar-refractivity contribution in [2.75, 3.05) is 27.2 Å². The fraction of sp³-hybridized carbons (Fsp3) is 0.538. The van der Waals surface area contributed by atoms with Crippen molar-refractivity contribution in [1.82, 2.24) is 15.4 Å². The molecule has 0 spiro atoms. The molecule has 1 aromatic carbocycles. The minimum atomic E-state index is -0.448. The van der Waals surface area contributed by atoms with Crippen LogP contribution in [0.2, 0.25) is 0 Å². The van der Waals surface area contributed by atoms with E-state index in [-0.39, 0.29) is 6.09 Å². The van der Waals surface area contributed by atoms with Crippen molar-refractivity contribution in [3.8, 4) is 11.3 Å². The van der Waals surface area contributed by atoms with E-state index in [0.717, 1.165) is 72.3 Å². The fourth-order valence-electron chi connectivity index (χ4n) is 4.14. The van der Waals surface area contributed by atoms with Gasteiger partial charge in [0.25, 0.3) is 0 Å². The van der Waals surface area contributed by atoms with Gasteiger partial charge in [-0.15, -0.1) is 0 Å². The molecule has 3 aromatic rings. The summed E-state index contributed by atoms with van der Waals surface area (Å²) in [4.78, 5) is 14.1. The molecule has 1 saturated heterocycles. The Hall–Kier alpha value is -2.80. The van der Waals surface area contributed by atoms with E-state index in [1.165, 1.54) is 0 Å². The molecule has 1 aliphatic rings. The molecular formula is C26H37N3O4. The van der Waals surface area contributed by atoms with E-state index in [1.54, 1.807) is 6.26 Å². The van der Waals surface area contributed by atoms with Crippen molar-refractivity contribution >= 4 is 17.1 Å². The molecule has 0 aliphatic carbocycles. The first-order valence-corrected chi connectivity index (χ1v) is 11.7. The van der Waals surface area contributed by atoms with Crippen molar-refractivity contribution in [3.63, 3.8) is 0 Å². The molecule has 7 heteroatoms. The van der Waals surface area contributed by atoms with E-state index in [2.05, 4.69) is 22.6 Å². The lowest BCUT2D eigenvalue weighted by atomic mass is 9.91. The molecule has 1 fully saturated rings. The predicted molar refractivity (Wildman–Crippen MR) is 130 cm³/mol. The number of nitrogens with zero attached hydrogens (tertiary/aromatic N) is 2. The number of fused-ring (bicyclic) bond motifs is 1. The van der Waals surface area contributed by atoms with Gasteiger partial charge in [0, 0.05) is 29.6 Å². The van der Waals surface area contributed by atoms with Gasteiger partial charge in [0.05, 0.1) is 12.0 Å². The van der Waals surface area contributed by atoms with Gasteiger partial charge in [-0.05, 0) is 91.6 Å². The number of hydrogen-bond donors (Lipinski definition) is 1. The zero-order valence-corrected chi connectivity index (χ0v) is 20.7. The zero-order valence-electron chi connectivity index (χ0n) is 20.7. The van der Waals surface area contributed by atoms with Crippen molar-refractivity contribution in [2.24, 2.45) is 5.92 Å². The number of likely N-dealkylation sites (tertiary alicyclic amines) is 1. The van der Waals surface area contributed by atoms with Crippen molar-refractivity contribution < 1.29 is 18.5 Å². The fourth-order valence-corrected chi connectivity index (χ4v) is 4.14. The maximum Gasteiger partial charge on any atom is 0.410 e. The highest BCUT2D eigenvalue weighted by molar-refractivity contribution is 5.88. The Labute approximate surface area is 196 Å². The van der Waals surface area contributed by atoms with Gasteiger partial charge in [-0.3, -0.25) is 0 Å². The number of ether oxygens (including phenoxy) is 1. The summed E-state index contributed by atoms with van der Waals surface area (Å²) < 4.78 is 16.7. The molecule has 7 nitrogen and oxygen atoms in total. The zero-order chi connectivity index (χ0) is 24.0. The third-order valence-corrected chi connectivity index (χ3v) is 5.81. The normalized spacial score (nSPS) is 14.8. The van der Waals surface area contributed by atoms with Crippen LogP contribution in [-0.4, -0.2) is 48.9 Å². The lowest BCUT2D eigenvalue weighted by Gasteiger charge is -2.33. The Morgan fingerprint density at radius 1 is 1.21 bits per heavy atom. The molecule has 0 unspecified atom stereocenters. The van der Waals surface area contributed by atoms with Crippen LogP contribution in [0.1, 0.15) is 51.3 Å². The number of aryl methyl sites for hydroxylation is 2. The first-order valence-electron chi connectivity index (χ1n) is 11.7. The van der Waals surface area contributed by atoms with Gasteiger partial charge in [-0.2, -0.15) is 0 Å². The molecular weight excluding hydrogens is 418 g/mol. The second-order valence-corrected chi connectivity index (χ2v) is 9.67. The molecule has 0 radical (unpaired) electrons. The first kappa shape index (κ1) is 24.8. The number of benzene rings is 1. The van der Waals surface area contributed by atoms with Crippen LogP contribution in [0.5, 0.6) is 0 Å². The first-order chi connectivity index (χ1) is 15.7. The summed E-state index contributed by atoms with van der Waals surface area (Å²) in [5, 5.41) is 8.18. The number of amides is 1. The second-order valence-electron chi connectivity index (χ2n) is 9.67. The van der Waals surface area contributed by atoms with E-state index in [4.69, 9.17) is 13.7 Å². The van der Waals surface area contributed by atoms with Gasteiger partial charge in [0.2, 0.25) is 0 Å². The number of piperidine rings is 1. The van der Waals surface area contributed by atoms with Crippen LogP contribution < -0.4 is 5.32 Å². The summed E-state index contributed by atoms with van der Waals surface area (Å²) in [6, 6.07) is 8.00.